The van der Waals surface area contributed by atoms with E-state index >= 15 is 0 Å². The lowest BCUT2D eigenvalue weighted by Gasteiger charge is -2.25. The Kier molecular flexibility index (Phi) is 3.93. The number of benzene rings is 3. The van der Waals surface area contributed by atoms with Gasteiger partial charge in [0.1, 0.15) is 0 Å². The molecule has 0 amide bonds. The average Bonchev–Trinajstić information content (AvgIpc) is 3.35. The predicted octanol–water partition coefficient (Wildman–Crippen LogP) is 5.85. The van der Waals surface area contributed by atoms with Crippen LogP contribution in [0.25, 0.3) is 27.7 Å². The van der Waals surface area contributed by atoms with Gasteiger partial charge in [0, 0.05) is 48.8 Å². The molecule has 0 radical (unpaired) electrons. The van der Waals surface area contributed by atoms with E-state index in [1.165, 1.54) is 50.1 Å². The summed E-state index contributed by atoms with van der Waals surface area (Å²) in [4.78, 5) is 7.01. The molecule has 0 saturated carbocycles. The van der Waals surface area contributed by atoms with Gasteiger partial charge in [0.15, 0.2) is 0 Å². The van der Waals surface area contributed by atoms with Gasteiger partial charge in [-0.05, 0) is 54.9 Å². The van der Waals surface area contributed by atoms with Crippen LogP contribution in [-0.4, -0.2) is 29.3 Å². The Morgan fingerprint density at radius 1 is 0.967 bits per heavy atom. The van der Waals surface area contributed by atoms with Gasteiger partial charge in [-0.3, -0.25) is 4.99 Å². The third kappa shape index (κ3) is 2.66. The highest BCUT2D eigenvalue weighted by molar-refractivity contribution is 5.90. The molecule has 4 aromatic rings. The van der Waals surface area contributed by atoms with Gasteiger partial charge in [-0.25, -0.2) is 0 Å². The summed E-state index contributed by atoms with van der Waals surface area (Å²) in [5.41, 5.74) is 11.8. The van der Waals surface area contributed by atoms with E-state index in [0.717, 1.165) is 31.6 Å². The van der Waals surface area contributed by atoms with Gasteiger partial charge in [0.05, 0.1) is 16.9 Å². The molecule has 0 spiro atoms. The molecular weight excluding hydrogens is 366 g/mol. The number of nitrogens with zero attached hydrogens (tertiary/aromatic N) is 3. The highest BCUT2D eigenvalue weighted by Gasteiger charge is 2.24. The third-order valence-corrected chi connectivity index (χ3v) is 6.58. The lowest BCUT2D eigenvalue weighted by molar-refractivity contribution is 0.311. The highest BCUT2D eigenvalue weighted by Crippen LogP contribution is 2.38. The molecule has 0 unspecified atom stereocenters. The maximum Gasteiger partial charge on any atom is 0.0667 e. The van der Waals surface area contributed by atoms with Crippen LogP contribution in [-0.2, 0) is 19.4 Å². The lowest BCUT2D eigenvalue weighted by atomic mass is 10.00. The second kappa shape index (κ2) is 6.68. The molecule has 3 nitrogen and oxygen atoms in total. The van der Waals surface area contributed by atoms with Gasteiger partial charge in [0.25, 0.3) is 0 Å². The molecule has 0 aliphatic carbocycles. The van der Waals surface area contributed by atoms with Gasteiger partial charge in [-0.15, -0.1) is 0 Å². The molecule has 0 bridgehead atoms. The van der Waals surface area contributed by atoms with Crippen molar-refractivity contribution in [2.45, 2.75) is 26.3 Å². The Hall–Kier alpha value is -3.17. The molecule has 6 rings (SSSR count). The number of fused-ring (bicyclic) bond motifs is 4. The summed E-state index contributed by atoms with van der Waals surface area (Å²) in [7, 11) is 2.22. The number of hydrogen-bond acceptors (Lipinski definition) is 2. The molecule has 0 fully saturated rings. The maximum absolute atomic E-state index is 4.58. The fourth-order valence-corrected chi connectivity index (χ4v) is 5.06. The van der Waals surface area contributed by atoms with E-state index in [0.29, 0.717) is 0 Å². The summed E-state index contributed by atoms with van der Waals surface area (Å²) in [6.45, 7) is 4.30. The SMILES string of the molecule is Cc1ccc2c(c1)c1c(n2-c2ccccc2-c2ccc3c(c2)N=CC3)CCN(C)C1. The Bertz CT molecular complexity index is 1330. The van der Waals surface area contributed by atoms with Crippen LogP contribution in [0, 0.1) is 6.92 Å². The summed E-state index contributed by atoms with van der Waals surface area (Å²) in [5.74, 6) is 0. The fraction of sp³-hybridized carbons (Fsp3) is 0.222. The first-order valence-corrected chi connectivity index (χ1v) is 10.8. The minimum Gasteiger partial charge on any atom is -0.313 e. The highest BCUT2D eigenvalue weighted by atomic mass is 15.1. The number of aromatic nitrogens is 1. The number of rotatable bonds is 2. The Balaban J connectivity index is 1.62. The largest absolute Gasteiger partial charge is 0.313 e. The molecule has 0 saturated heterocycles. The molecule has 0 atom stereocenters. The van der Waals surface area contributed by atoms with Crippen molar-refractivity contribution >= 4 is 22.8 Å². The zero-order chi connectivity index (χ0) is 20.2. The quantitative estimate of drug-likeness (QED) is 0.420. The van der Waals surface area contributed by atoms with Crippen molar-refractivity contribution in [1.82, 2.24) is 9.47 Å². The van der Waals surface area contributed by atoms with E-state index < -0.39 is 0 Å². The third-order valence-electron chi connectivity index (χ3n) is 6.58. The molecule has 148 valence electrons. The van der Waals surface area contributed by atoms with E-state index in [1.807, 2.05) is 6.21 Å². The van der Waals surface area contributed by atoms with Gasteiger partial charge < -0.3 is 9.47 Å². The first-order valence-electron chi connectivity index (χ1n) is 10.8. The van der Waals surface area contributed by atoms with Crippen LogP contribution in [0.15, 0.2) is 65.7 Å². The molecule has 3 heteroatoms. The maximum atomic E-state index is 4.58. The van der Waals surface area contributed by atoms with Crippen LogP contribution >= 0.6 is 0 Å². The lowest BCUT2D eigenvalue weighted by Crippen LogP contribution is -2.27. The van der Waals surface area contributed by atoms with Crippen molar-refractivity contribution in [3.8, 4) is 16.8 Å². The van der Waals surface area contributed by atoms with Gasteiger partial charge >= 0.3 is 0 Å². The van der Waals surface area contributed by atoms with Crippen molar-refractivity contribution < 1.29 is 0 Å². The van der Waals surface area contributed by atoms with Crippen molar-refractivity contribution in [2.75, 3.05) is 13.6 Å². The number of likely N-dealkylation sites (N-methyl/N-ethyl adjacent to an activating group) is 1. The standard InChI is InChI=1S/C27H25N3/c1-18-7-10-26-22(15-18)23-17-29(2)14-12-27(23)30(26)25-6-4-3-5-21(25)20-9-8-19-11-13-28-24(19)16-20/h3-10,13,15-16H,11-12,14,17H2,1-2H3. The Labute approximate surface area is 177 Å². The van der Waals surface area contributed by atoms with Gasteiger partial charge in [0.2, 0.25) is 0 Å². The summed E-state index contributed by atoms with van der Waals surface area (Å²) in [6.07, 6.45) is 4.03. The summed E-state index contributed by atoms with van der Waals surface area (Å²) >= 11 is 0. The number of aryl methyl sites for hydroxylation is 1. The van der Waals surface area contributed by atoms with Crippen molar-refractivity contribution in [1.29, 1.82) is 0 Å². The van der Waals surface area contributed by atoms with Crippen LogP contribution in [0.3, 0.4) is 0 Å². The number of aliphatic imine (C=N–C) groups is 1. The van der Waals surface area contributed by atoms with E-state index in [4.69, 9.17) is 0 Å². The summed E-state index contributed by atoms with van der Waals surface area (Å²) in [5, 5.41) is 1.39. The fourth-order valence-electron chi connectivity index (χ4n) is 5.06. The first kappa shape index (κ1) is 17.7. The second-order valence-corrected chi connectivity index (χ2v) is 8.65. The smallest absolute Gasteiger partial charge is 0.0667 e. The van der Waals surface area contributed by atoms with Crippen LogP contribution in [0.5, 0.6) is 0 Å². The minimum absolute atomic E-state index is 0.944. The topological polar surface area (TPSA) is 20.5 Å². The summed E-state index contributed by atoms with van der Waals surface area (Å²) in [6, 6.07) is 22.4. The Morgan fingerprint density at radius 3 is 2.80 bits per heavy atom. The zero-order valence-electron chi connectivity index (χ0n) is 17.5. The normalized spacial score (nSPS) is 15.5. The Morgan fingerprint density at radius 2 is 1.87 bits per heavy atom. The predicted molar refractivity (Wildman–Crippen MR) is 125 cm³/mol. The van der Waals surface area contributed by atoms with Crippen LogP contribution in [0.1, 0.15) is 22.4 Å². The first-order chi connectivity index (χ1) is 14.7. The molecule has 2 aliphatic heterocycles. The molecule has 30 heavy (non-hydrogen) atoms. The molecular formula is C27H25N3. The minimum atomic E-state index is 0.944. The molecule has 1 aromatic heterocycles. The second-order valence-electron chi connectivity index (χ2n) is 8.65. The van der Waals surface area contributed by atoms with Gasteiger partial charge in [-0.1, -0.05) is 42.0 Å². The number of para-hydroxylation sites is 1. The molecule has 3 heterocycles. The van der Waals surface area contributed by atoms with Crippen molar-refractivity contribution in [3.63, 3.8) is 0 Å². The van der Waals surface area contributed by atoms with Crippen molar-refractivity contribution in [2.24, 2.45) is 4.99 Å². The molecule has 0 N–H and O–H groups in total. The van der Waals surface area contributed by atoms with Crippen LogP contribution in [0.4, 0.5) is 5.69 Å². The zero-order valence-corrected chi connectivity index (χ0v) is 17.5. The summed E-state index contributed by atoms with van der Waals surface area (Å²) < 4.78 is 2.52. The molecule has 3 aromatic carbocycles. The number of hydrogen-bond donors (Lipinski definition) is 0. The molecule has 2 aliphatic rings. The van der Waals surface area contributed by atoms with Crippen LogP contribution < -0.4 is 0 Å². The average molecular weight is 392 g/mol. The van der Waals surface area contributed by atoms with Gasteiger partial charge in [-0.2, -0.15) is 0 Å². The van der Waals surface area contributed by atoms with Crippen LogP contribution in [0.2, 0.25) is 0 Å². The van der Waals surface area contributed by atoms with E-state index in [9.17, 15) is 0 Å². The van der Waals surface area contributed by atoms with E-state index in [-0.39, 0.29) is 0 Å². The van der Waals surface area contributed by atoms with E-state index in [1.54, 1.807) is 0 Å². The van der Waals surface area contributed by atoms with E-state index in [2.05, 4.69) is 89.1 Å². The monoisotopic (exact) mass is 391 g/mol. The van der Waals surface area contributed by atoms with Crippen molar-refractivity contribution in [3.05, 3.63) is 83.0 Å².